The average molecular weight is 290 g/mol. The van der Waals surface area contributed by atoms with Crippen LogP contribution in [0.4, 0.5) is 8.78 Å². The molecular weight excluding hydrogens is 270 g/mol. The molecule has 2 aromatic carbocycles. The molecular formula is C17H20F2N2. The van der Waals surface area contributed by atoms with Crippen molar-refractivity contribution in [3.05, 3.63) is 48.0 Å². The Morgan fingerprint density at radius 1 is 1.00 bits per heavy atom. The summed E-state index contributed by atoms with van der Waals surface area (Å²) in [6.07, 6.45) is -2.39. The summed E-state index contributed by atoms with van der Waals surface area (Å²) in [5, 5.41) is 5.48. The molecule has 0 spiro atoms. The first-order valence-electron chi connectivity index (χ1n) is 7.46. The van der Waals surface area contributed by atoms with Crippen molar-refractivity contribution in [1.29, 1.82) is 0 Å². The van der Waals surface area contributed by atoms with E-state index < -0.39 is 6.43 Å². The van der Waals surface area contributed by atoms with Crippen molar-refractivity contribution < 1.29 is 8.78 Å². The second-order valence-corrected chi connectivity index (χ2v) is 5.50. The maximum absolute atomic E-state index is 13.1. The van der Waals surface area contributed by atoms with E-state index in [1.807, 2.05) is 42.5 Å². The summed E-state index contributed by atoms with van der Waals surface area (Å²) < 4.78 is 26.2. The van der Waals surface area contributed by atoms with Gasteiger partial charge in [0.05, 0.1) is 0 Å². The Hall–Kier alpha value is -1.52. The van der Waals surface area contributed by atoms with Crippen LogP contribution < -0.4 is 5.32 Å². The molecule has 0 amide bonds. The van der Waals surface area contributed by atoms with Crippen molar-refractivity contribution in [3.8, 4) is 0 Å². The molecule has 0 bridgehead atoms. The van der Waals surface area contributed by atoms with E-state index in [0.717, 1.165) is 42.5 Å². The summed E-state index contributed by atoms with van der Waals surface area (Å²) in [5.41, 5.74) is 1.02. The van der Waals surface area contributed by atoms with Crippen molar-refractivity contribution >= 4 is 10.8 Å². The van der Waals surface area contributed by atoms with Gasteiger partial charge in [-0.25, -0.2) is 8.78 Å². The van der Waals surface area contributed by atoms with Gasteiger partial charge in [0, 0.05) is 38.6 Å². The smallest absolute Gasteiger partial charge is 0.240 e. The monoisotopic (exact) mass is 290 g/mol. The van der Waals surface area contributed by atoms with Gasteiger partial charge >= 0.3 is 0 Å². The van der Waals surface area contributed by atoms with Crippen LogP contribution in [-0.2, 0) is 0 Å². The van der Waals surface area contributed by atoms with Crippen LogP contribution in [0.1, 0.15) is 18.0 Å². The van der Waals surface area contributed by atoms with Gasteiger partial charge in [-0.2, -0.15) is 0 Å². The van der Waals surface area contributed by atoms with Crippen molar-refractivity contribution in [1.82, 2.24) is 10.2 Å². The highest BCUT2D eigenvalue weighted by Gasteiger charge is 2.26. The van der Waals surface area contributed by atoms with Crippen molar-refractivity contribution in [2.24, 2.45) is 0 Å². The fraction of sp³-hybridized carbons (Fsp3) is 0.412. The number of fused-ring (bicyclic) bond motifs is 1. The van der Waals surface area contributed by atoms with Crippen LogP contribution in [0.5, 0.6) is 0 Å². The Kier molecular flexibility index (Phi) is 4.46. The molecule has 1 saturated heterocycles. The normalized spacial score (nSPS) is 18.2. The number of alkyl halides is 2. The molecule has 112 valence electrons. The van der Waals surface area contributed by atoms with Gasteiger partial charge in [-0.3, -0.25) is 4.90 Å². The van der Waals surface area contributed by atoms with Gasteiger partial charge in [0.2, 0.25) is 6.43 Å². The summed E-state index contributed by atoms with van der Waals surface area (Å²) in [4.78, 5) is 2.18. The Labute approximate surface area is 123 Å². The summed E-state index contributed by atoms with van der Waals surface area (Å²) >= 11 is 0. The molecule has 3 rings (SSSR count). The van der Waals surface area contributed by atoms with Crippen LogP contribution in [0, 0.1) is 0 Å². The number of piperazine rings is 1. The minimum absolute atomic E-state index is 0.103. The molecule has 0 unspecified atom stereocenters. The highest BCUT2D eigenvalue weighted by atomic mass is 19.3. The van der Waals surface area contributed by atoms with E-state index >= 15 is 0 Å². The minimum atomic E-state index is -2.29. The molecule has 1 aliphatic rings. The summed E-state index contributed by atoms with van der Waals surface area (Å²) in [5.74, 6) is 0. The van der Waals surface area contributed by atoms with Gasteiger partial charge in [0.25, 0.3) is 0 Å². The first kappa shape index (κ1) is 14.4. The summed E-state index contributed by atoms with van der Waals surface area (Å²) in [6, 6.07) is 13.8. The van der Waals surface area contributed by atoms with E-state index in [2.05, 4.69) is 10.2 Å². The van der Waals surface area contributed by atoms with Crippen molar-refractivity contribution in [3.63, 3.8) is 0 Å². The predicted octanol–water partition coefficient (Wildman–Crippen LogP) is 3.44. The lowest BCUT2D eigenvalue weighted by Gasteiger charge is -2.35. The van der Waals surface area contributed by atoms with Gasteiger partial charge in [-0.05, 0) is 16.3 Å². The molecule has 1 heterocycles. The molecule has 0 aromatic heterocycles. The lowest BCUT2D eigenvalue weighted by atomic mass is 9.95. The molecule has 2 aromatic rings. The highest BCUT2D eigenvalue weighted by molar-refractivity contribution is 5.86. The molecule has 1 N–H and O–H groups in total. The topological polar surface area (TPSA) is 15.3 Å². The third kappa shape index (κ3) is 3.22. The van der Waals surface area contributed by atoms with Gasteiger partial charge < -0.3 is 5.32 Å². The predicted molar refractivity (Wildman–Crippen MR) is 81.8 cm³/mol. The Morgan fingerprint density at radius 2 is 1.71 bits per heavy atom. The van der Waals surface area contributed by atoms with E-state index in [-0.39, 0.29) is 12.5 Å². The molecule has 0 aliphatic carbocycles. The first-order valence-corrected chi connectivity index (χ1v) is 7.46. The number of rotatable bonds is 4. The van der Waals surface area contributed by atoms with Gasteiger partial charge in [0.15, 0.2) is 0 Å². The molecule has 0 radical (unpaired) electrons. The van der Waals surface area contributed by atoms with Crippen LogP contribution in [0.15, 0.2) is 42.5 Å². The molecule has 2 nitrogen and oxygen atoms in total. The van der Waals surface area contributed by atoms with E-state index in [0.29, 0.717) is 0 Å². The molecule has 1 aliphatic heterocycles. The second kappa shape index (κ2) is 6.50. The van der Waals surface area contributed by atoms with Crippen molar-refractivity contribution in [2.45, 2.75) is 18.9 Å². The molecule has 1 atom stereocenters. The lowest BCUT2D eigenvalue weighted by Crippen LogP contribution is -2.45. The summed E-state index contributed by atoms with van der Waals surface area (Å²) in [7, 11) is 0. The highest BCUT2D eigenvalue weighted by Crippen LogP contribution is 2.32. The third-order valence-electron chi connectivity index (χ3n) is 4.18. The van der Waals surface area contributed by atoms with Crippen LogP contribution in [0.2, 0.25) is 0 Å². The fourth-order valence-electron chi connectivity index (χ4n) is 3.18. The van der Waals surface area contributed by atoms with Gasteiger partial charge in [-0.15, -0.1) is 0 Å². The van der Waals surface area contributed by atoms with Crippen LogP contribution in [0.25, 0.3) is 10.8 Å². The Bertz CT molecular complexity index is 589. The standard InChI is InChI=1S/C17H20F2N2/c18-17(19)12-16(21-10-8-20-9-11-21)15-7-3-5-13-4-1-2-6-14(13)15/h1-7,16-17,20H,8-12H2/t16-/m1/s1. The maximum Gasteiger partial charge on any atom is 0.240 e. The summed E-state index contributed by atoms with van der Waals surface area (Å²) in [6.45, 7) is 3.37. The molecule has 0 saturated carbocycles. The second-order valence-electron chi connectivity index (χ2n) is 5.50. The SMILES string of the molecule is FC(F)C[C@H](c1cccc2ccccc12)N1CCNCC1. The van der Waals surface area contributed by atoms with E-state index in [9.17, 15) is 8.78 Å². The Balaban J connectivity index is 2.00. The van der Waals surface area contributed by atoms with Crippen LogP contribution in [-0.4, -0.2) is 37.5 Å². The van der Waals surface area contributed by atoms with E-state index in [1.54, 1.807) is 0 Å². The van der Waals surface area contributed by atoms with E-state index in [4.69, 9.17) is 0 Å². The number of nitrogens with one attached hydrogen (secondary N) is 1. The zero-order chi connectivity index (χ0) is 14.7. The largest absolute Gasteiger partial charge is 0.314 e. The van der Waals surface area contributed by atoms with Crippen LogP contribution >= 0.6 is 0 Å². The Morgan fingerprint density at radius 3 is 2.48 bits per heavy atom. The quantitative estimate of drug-likeness (QED) is 0.928. The molecule has 1 fully saturated rings. The van der Waals surface area contributed by atoms with E-state index in [1.165, 1.54) is 0 Å². The number of hydrogen-bond acceptors (Lipinski definition) is 2. The molecule has 21 heavy (non-hydrogen) atoms. The van der Waals surface area contributed by atoms with Gasteiger partial charge in [-0.1, -0.05) is 42.5 Å². The third-order valence-corrected chi connectivity index (χ3v) is 4.18. The number of hydrogen-bond donors (Lipinski definition) is 1. The minimum Gasteiger partial charge on any atom is -0.314 e. The zero-order valence-electron chi connectivity index (χ0n) is 11.9. The number of nitrogens with zero attached hydrogens (tertiary/aromatic N) is 1. The van der Waals surface area contributed by atoms with Gasteiger partial charge in [0.1, 0.15) is 0 Å². The first-order chi connectivity index (χ1) is 10.3. The zero-order valence-corrected chi connectivity index (χ0v) is 11.9. The van der Waals surface area contributed by atoms with Crippen molar-refractivity contribution in [2.75, 3.05) is 26.2 Å². The van der Waals surface area contributed by atoms with Crippen LogP contribution in [0.3, 0.4) is 0 Å². The fourth-order valence-corrected chi connectivity index (χ4v) is 3.18. The number of halogens is 2. The number of benzene rings is 2. The maximum atomic E-state index is 13.1. The lowest BCUT2D eigenvalue weighted by molar-refractivity contribution is 0.0745. The molecule has 4 heteroatoms. The average Bonchev–Trinajstić information content (AvgIpc) is 2.53.